The van der Waals surface area contributed by atoms with E-state index in [9.17, 15) is 4.79 Å². The molecule has 5 nitrogen and oxygen atoms in total. The molecule has 114 valence electrons. The monoisotopic (exact) mass is 297 g/mol. The van der Waals surface area contributed by atoms with Crippen LogP contribution in [0.1, 0.15) is 21.5 Å². The van der Waals surface area contributed by atoms with Crippen molar-refractivity contribution >= 4 is 11.5 Å². The molecule has 0 N–H and O–H groups in total. The molecule has 2 rings (SSSR count). The average Bonchev–Trinajstić information content (AvgIpc) is 2.53. The maximum atomic E-state index is 12.5. The van der Waals surface area contributed by atoms with E-state index in [0.29, 0.717) is 23.4 Å². The van der Waals surface area contributed by atoms with Gasteiger partial charge in [-0.05, 0) is 35.9 Å². The second kappa shape index (κ2) is 7.47. The number of hydrogen-bond acceptors (Lipinski definition) is 4. The van der Waals surface area contributed by atoms with Crippen molar-refractivity contribution in [1.29, 1.82) is 0 Å². The summed E-state index contributed by atoms with van der Waals surface area (Å²) in [5, 5.41) is 9.57. The molecule has 0 aliphatic heterocycles. The highest BCUT2D eigenvalue weighted by atomic mass is 16.5. The number of carbonyl (C=O) groups is 1. The van der Waals surface area contributed by atoms with Crippen molar-refractivity contribution in [2.75, 3.05) is 21.2 Å². The van der Waals surface area contributed by atoms with Gasteiger partial charge in [0.25, 0.3) is 0 Å². The van der Waals surface area contributed by atoms with E-state index >= 15 is 0 Å². The molecule has 0 amide bonds. The van der Waals surface area contributed by atoms with Gasteiger partial charge in [0.05, 0.1) is 12.3 Å². The molecule has 0 bridgehead atoms. The number of ketones is 1. The SMILES string of the molecule is COCc1cccc(C(=O)c2ccc(N=NN(C)C)cc2)c1. The number of ether oxygens (including phenoxy) is 1. The van der Waals surface area contributed by atoms with Gasteiger partial charge in [0.2, 0.25) is 0 Å². The Bertz CT molecular complexity index is 664. The van der Waals surface area contributed by atoms with E-state index in [1.165, 1.54) is 0 Å². The first-order valence-corrected chi connectivity index (χ1v) is 6.92. The Morgan fingerprint density at radius 2 is 1.82 bits per heavy atom. The standard InChI is InChI=1S/C17H19N3O2/c1-20(2)19-18-16-9-7-14(8-10-16)17(21)15-6-4-5-13(11-15)12-22-3/h4-11H,12H2,1-3H3. The third-order valence-corrected chi connectivity index (χ3v) is 2.97. The molecule has 22 heavy (non-hydrogen) atoms. The Morgan fingerprint density at radius 1 is 1.09 bits per heavy atom. The largest absolute Gasteiger partial charge is 0.380 e. The second-order valence-corrected chi connectivity index (χ2v) is 5.05. The molecule has 0 radical (unpaired) electrons. The van der Waals surface area contributed by atoms with Gasteiger partial charge in [-0.3, -0.25) is 9.80 Å². The predicted octanol–water partition coefficient (Wildman–Crippen LogP) is 3.62. The summed E-state index contributed by atoms with van der Waals surface area (Å²) in [5.41, 5.74) is 2.96. The van der Waals surface area contributed by atoms with Crippen molar-refractivity contribution in [3.8, 4) is 0 Å². The zero-order valence-corrected chi connectivity index (χ0v) is 13.0. The Kier molecular flexibility index (Phi) is 5.38. The first-order chi connectivity index (χ1) is 10.6. The summed E-state index contributed by atoms with van der Waals surface area (Å²) in [6.07, 6.45) is 0. The van der Waals surface area contributed by atoms with E-state index < -0.39 is 0 Å². The van der Waals surface area contributed by atoms with Gasteiger partial charge < -0.3 is 4.74 Å². The van der Waals surface area contributed by atoms with Crippen molar-refractivity contribution in [1.82, 2.24) is 5.01 Å². The minimum absolute atomic E-state index is 0.0194. The van der Waals surface area contributed by atoms with Crippen molar-refractivity contribution < 1.29 is 9.53 Å². The molecule has 0 aromatic heterocycles. The summed E-state index contributed by atoms with van der Waals surface area (Å²) >= 11 is 0. The van der Waals surface area contributed by atoms with Crippen LogP contribution in [-0.4, -0.2) is 32.0 Å². The summed E-state index contributed by atoms with van der Waals surface area (Å²) in [6, 6.07) is 14.5. The second-order valence-electron chi connectivity index (χ2n) is 5.05. The van der Waals surface area contributed by atoms with Crippen LogP contribution in [0.15, 0.2) is 58.9 Å². The molecule has 0 saturated heterocycles. The lowest BCUT2D eigenvalue weighted by molar-refractivity contribution is 0.103. The van der Waals surface area contributed by atoms with Crippen LogP contribution in [0, 0.1) is 0 Å². The molecule has 0 unspecified atom stereocenters. The lowest BCUT2D eigenvalue weighted by Crippen LogP contribution is -2.02. The predicted molar refractivity (Wildman–Crippen MR) is 85.2 cm³/mol. The Hall–Kier alpha value is -2.53. The van der Waals surface area contributed by atoms with Crippen LogP contribution >= 0.6 is 0 Å². The maximum Gasteiger partial charge on any atom is 0.193 e. The number of hydrogen-bond donors (Lipinski definition) is 0. The maximum absolute atomic E-state index is 12.5. The minimum atomic E-state index is -0.0194. The molecule has 0 spiro atoms. The molecule has 0 fully saturated rings. The molecule has 0 saturated carbocycles. The van der Waals surface area contributed by atoms with Crippen molar-refractivity contribution in [3.05, 3.63) is 65.2 Å². The molecule has 0 aliphatic carbocycles. The van der Waals surface area contributed by atoms with E-state index in [-0.39, 0.29) is 5.78 Å². The summed E-state index contributed by atoms with van der Waals surface area (Å²) < 4.78 is 5.09. The molecule has 0 aliphatic rings. The van der Waals surface area contributed by atoms with Crippen molar-refractivity contribution in [2.24, 2.45) is 10.3 Å². The number of methoxy groups -OCH3 is 1. The van der Waals surface area contributed by atoms with Gasteiger partial charge in [-0.1, -0.05) is 23.4 Å². The third kappa shape index (κ3) is 4.23. The fourth-order valence-corrected chi connectivity index (χ4v) is 1.96. The lowest BCUT2D eigenvalue weighted by Gasteiger charge is -2.05. The highest BCUT2D eigenvalue weighted by Crippen LogP contribution is 2.17. The lowest BCUT2D eigenvalue weighted by atomic mass is 10.0. The van der Waals surface area contributed by atoms with Crippen molar-refractivity contribution in [2.45, 2.75) is 6.61 Å². The third-order valence-electron chi connectivity index (χ3n) is 2.97. The van der Waals surface area contributed by atoms with Crippen LogP contribution in [0.5, 0.6) is 0 Å². The highest BCUT2D eigenvalue weighted by molar-refractivity contribution is 6.09. The average molecular weight is 297 g/mol. The van der Waals surface area contributed by atoms with Gasteiger partial charge in [-0.2, -0.15) is 0 Å². The number of rotatable bonds is 6. The van der Waals surface area contributed by atoms with Crippen LogP contribution in [0.4, 0.5) is 5.69 Å². The van der Waals surface area contributed by atoms with E-state index in [2.05, 4.69) is 10.3 Å². The van der Waals surface area contributed by atoms with Gasteiger partial charge in [0.1, 0.15) is 0 Å². The minimum Gasteiger partial charge on any atom is -0.380 e. The summed E-state index contributed by atoms with van der Waals surface area (Å²) in [6.45, 7) is 0.491. The Labute approximate surface area is 130 Å². The Balaban J connectivity index is 2.17. The van der Waals surface area contributed by atoms with Gasteiger partial charge in [0, 0.05) is 32.3 Å². The van der Waals surface area contributed by atoms with E-state index in [1.807, 2.05) is 18.2 Å². The van der Waals surface area contributed by atoms with Crippen LogP contribution < -0.4 is 0 Å². The van der Waals surface area contributed by atoms with Crippen LogP contribution in [0.3, 0.4) is 0 Å². The smallest absolute Gasteiger partial charge is 0.193 e. The van der Waals surface area contributed by atoms with E-state index in [0.717, 1.165) is 5.56 Å². The normalized spacial score (nSPS) is 10.9. The molecule has 2 aromatic carbocycles. The zero-order valence-electron chi connectivity index (χ0n) is 13.0. The van der Waals surface area contributed by atoms with Gasteiger partial charge in [-0.15, -0.1) is 5.11 Å². The first kappa shape index (κ1) is 15.9. The number of carbonyl (C=O) groups excluding carboxylic acids is 1. The molecular formula is C17H19N3O2. The zero-order chi connectivity index (χ0) is 15.9. The van der Waals surface area contributed by atoms with Gasteiger partial charge >= 0.3 is 0 Å². The summed E-state index contributed by atoms with van der Waals surface area (Å²) in [5.74, 6) is -0.0194. The molecule has 2 aromatic rings. The fourth-order valence-electron chi connectivity index (χ4n) is 1.96. The summed E-state index contributed by atoms with van der Waals surface area (Å²) in [7, 11) is 5.23. The molecular weight excluding hydrogens is 278 g/mol. The Morgan fingerprint density at radius 3 is 2.45 bits per heavy atom. The highest BCUT2D eigenvalue weighted by Gasteiger charge is 2.09. The van der Waals surface area contributed by atoms with Crippen LogP contribution in [0.25, 0.3) is 0 Å². The first-order valence-electron chi connectivity index (χ1n) is 6.92. The number of benzene rings is 2. The van der Waals surface area contributed by atoms with Gasteiger partial charge in [-0.25, -0.2) is 0 Å². The van der Waals surface area contributed by atoms with Crippen LogP contribution in [0.2, 0.25) is 0 Å². The topological polar surface area (TPSA) is 54.3 Å². The molecule has 5 heteroatoms. The van der Waals surface area contributed by atoms with Gasteiger partial charge in [0.15, 0.2) is 5.78 Å². The van der Waals surface area contributed by atoms with E-state index in [4.69, 9.17) is 4.74 Å². The van der Waals surface area contributed by atoms with Crippen LogP contribution in [-0.2, 0) is 11.3 Å². The van der Waals surface area contributed by atoms with Crippen molar-refractivity contribution in [3.63, 3.8) is 0 Å². The van der Waals surface area contributed by atoms with E-state index in [1.54, 1.807) is 56.5 Å². The molecule has 0 heterocycles. The quantitative estimate of drug-likeness (QED) is 0.465. The number of nitrogens with zero attached hydrogens (tertiary/aromatic N) is 3. The summed E-state index contributed by atoms with van der Waals surface area (Å²) in [4.78, 5) is 12.5. The molecule has 0 atom stereocenters. The fraction of sp³-hybridized carbons (Fsp3) is 0.235.